The average Bonchev–Trinajstić information content (AvgIpc) is 2.90. The Morgan fingerprint density at radius 1 is 1.05 bits per heavy atom. The van der Waals surface area contributed by atoms with E-state index in [-0.39, 0.29) is 0 Å². The predicted octanol–water partition coefficient (Wildman–Crippen LogP) is 3.25. The number of halogens is 2. The van der Waals surface area contributed by atoms with Crippen molar-refractivity contribution >= 4 is 38.6 Å². The number of ether oxygens (including phenoxy) is 2. The van der Waals surface area contributed by atoms with Crippen LogP contribution in [0.4, 0.5) is 0 Å². The van der Waals surface area contributed by atoms with E-state index in [0.717, 1.165) is 5.39 Å². The Hall–Kier alpha value is -1.86. The molecule has 0 unspecified atom stereocenters. The molecule has 21 heavy (non-hydrogen) atoms. The van der Waals surface area contributed by atoms with Crippen LogP contribution in [0.2, 0.25) is 5.15 Å². The van der Waals surface area contributed by atoms with E-state index in [1.165, 1.54) is 14.2 Å². The van der Waals surface area contributed by atoms with Gasteiger partial charge >= 0.3 is 0 Å². The van der Waals surface area contributed by atoms with Gasteiger partial charge in [0.05, 0.1) is 14.2 Å². The first-order chi connectivity index (χ1) is 10.1. The summed E-state index contributed by atoms with van der Waals surface area (Å²) in [6, 6.07) is 5.52. The van der Waals surface area contributed by atoms with Gasteiger partial charge in [0.1, 0.15) is 15.3 Å². The zero-order valence-corrected chi connectivity index (χ0v) is 13.5. The lowest BCUT2D eigenvalue weighted by Crippen LogP contribution is -2.05. The fourth-order valence-electron chi connectivity index (χ4n) is 1.92. The third-order valence-corrected chi connectivity index (χ3v) is 3.77. The van der Waals surface area contributed by atoms with Crippen LogP contribution in [-0.4, -0.2) is 33.7 Å². The molecule has 0 aliphatic heterocycles. The van der Waals surface area contributed by atoms with Gasteiger partial charge in [-0.15, -0.1) is 0 Å². The second-order valence-corrected chi connectivity index (χ2v) is 5.27. The molecule has 3 rings (SSSR count). The highest BCUT2D eigenvalue weighted by Gasteiger charge is 2.16. The summed E-state index contributed by atoms with van der Waals surface area (Å²) in [6.45, 7) is 0. The molecule has 6 nitrogen and oxygen atoms in total. The average molecular weight is 370 g/mol. The van der Waals surface area contributed by atoms with Crippen LogP contribution in [0.1, 0.15) is 0 Å². The maximum Gasteiger partial charge on any atom is 0.242 e. The third-order valence-electron chi connectivity index (χ3n) is 2.88. The molecule has 0 aliphatic rings. The van der Waals surface area contributed by atoms with Crippen molar-refractivity contribution in [1.29, 1.82) is 0 Å². The van der Waals surface area contributed by atoms with Gasteiger partial charge in [-0.05, 0) is 34.1 Å². The first kappa shape index (κ1) is 14.1. The van der Waals surface area contributed by atoms with Gasteiger partial charge in [-0.2, -0.15) is 9.97 Å². The molecular weight excluding hydrogens is 360 g/mol. The lowest BCUT2D eigenvalue weighted by molar-refractivity contribution is 0.365. The Morgan fingerprint density at radius 3 is 2.33 bits per heavy atom. The minimum absolute atomic E-state index is 0.376. The van der Waals surface area contributed by atoms with Crippen LogP contribution in [0.3, 0.4) is 0 Å². The largest absolute Gasteiger partial charge is 0.480 e. The van der Waals surface area contributed by atoms with E-state index in [2.05, 4.69) is 30.9 Å². The first-order valence-electron chi connectivity index (χ1n) is 5.93. The fourth-order valence-corrected chi connectivity index (χ4v) is 2.56. The molecule has 0 atom stereocenters. The monoisotopic (exact) mass is 368 g/mol. The van der Waals surface area contributed by atoms with Crippen molar-refractivity contribution in [3.8, 4) is 17.7 Å². The highest BCUT2D eigenvalue weighted by molar-refractivity contribution is 9.10. The number of hydrogen-bond acceptors (Lipinski definition) is 5. The topological polar surface area (TPSA) is 62.1 Å². The molecule has 0 spiro atoms. The van der Waals surface area contributed by atoms with Gasteiger partial charge in [0.15, 0.2) is 0 Å². The Labute approximate surface area is 133 Å². The smallest absolute Gasteiger partial charge is 0.242 e. The van der Waals surface area contributed by atoms with Crippen molar-refractivity contribution in [2.45, 2.75) is 0 Å². The van der Waals surface area contributed by atoms with Gasteiger partial charge in [-0.1, -0.05) is 11.6 Å². The van der Waals surface area contributed by atoms with Crippen molar-refractivity contribution in [3.05, 3.63) is 34.0 Å². The van der Waals surface area contributed by atoms with Gasteiger partial charge in [-0.25, -0.2) is 4.98 Å². The van der Waals surface area contributed by atoms with E-state index in [1.807, 2.05) is 18.3 Å². The van der Waals surface area contributed by atoms with Gasteiger partial charge in [0.25, 0.3) is 0 Å². The summed E-state index contributed by atoms with van der Waals surface area (Å²) < 4.78 is 12.7. The molecule has 0 N–H and O–H groups in total. The lowest BCUT2D eigenvalue weighted by Gasteiger charge is -2.10. The Bertz CT molecular complexity index is 796. The Balaban J connectivity index is 2.25. The molecule has 0 aromatic carbocycles. The Kier molecular flexibility index (Phi) is 3.69. The summed E-state index contributed by atoms with van der Waals surface area (Å²) in [7, 11) is 3.05. The summed E-state index contributed by atoms with van der Waals surface area (Å²) in [5.41, 5.74) is 0.661. The summed E-state index contributed by atoms with van der Waals surface area (Å²) in [4.78, 5) is 13.0. The van der Waals surface area contributed by atoms with Crippen LogP contribution in [0.25, 0.3) is 17.0 Å². The van der Waals surface area contributed by atoms with E-state index in [9.17, 15) is 0 Å². The number of methoxy groups -OCH3 is 2. The van der Waals surface area contributed by atoms with Crippen molar-refractivity contribution in [1.82, 2.24) is 19.5 Å². The second-order valence-electron chi connectivity index (χ2n) is 4.09. The number of nitrogens with zero attached hydrogens (tertiary/aromatic N) is 4. The SMILES string of the molecule is COc1nc(-n2ccc3ccc(Cl)nc32)nc(OC)c1Br. The summed E-state index contributed by atoms with van der Waals surface area (Å²) in [6.07, 6.45) is 1.82. The van der Waals surface area contributed by atoms with Crippen molar-refractivity contribution in [2.75, 3.05) is 14.2 Å². The van der Waals surface area contributed by atoms with E-state index in [4.69, 9.17) is 21.1 Å². The van der Waals surface area contributed by atoms with Gasteiger partial charge in [-0.3, -0.25) is 4.57 Å². The Morgan fingerprint density at radius 2 is 1.71 bits per heavy atom. The maximum atomic E-state index is 5.96. The molecule has 8 heteroatoms. The number of pyridine rings is 1. The molecule has 0 saturated carbocycles. The van der Waals surface area contributed by atoms with Crippen LogP contribution in [0.15, 0.2) is 28.9 Å². The van der Waals surface area contributed by atoms with Gasteiger partial charge in [0, 0.05) is 11.6 Å². The van der Waals surface area contributed by atoms with E-state index < -0.39 is 0 Å². The molecule has 0 fully saturated rings. The number of aromatic nitrogens is 4. The standard InChI is InChI=1S/C13H10BrClN4O2/c1-20-11-9(14)12(21-2)18-13(17-11)19-6-5-7-3-4-8(15)16-10(7)19/h3-6H,1-2H3. The van der Waals surface area contributed by atoms with Crippen LogP contribution in [0.5, 0.6) is 11.8 Å². The molecule has 0 bridgehead atoms. The van der Waals surface area contributed by atoms with E-state index in [0.29, 0.717) is 33.0 Å². The summed E-state index contributed by atoms with van der Waals surface area (Å²) in [5, 5.41) is 1.34. The van der Waals surface area contributed by atoms with Gasteiger partial charge in [0.2, 0.25) is 17.7 Å². The molecule has 0 radical (unpaired) electrons. The van der Waals surface area contributed by atoms with Crippen LogP contribution in [-0.2, 0) is 0 Å². The molecule has 108 valence electrons. The predicted molar refractivity (Wildman–Crippen MR) is 82.5 cm³/mol. The maximum absolute atomic E-state index is 5.96. The minimum Gasteiger partial charge on any atom is -0.480 e. The number of fused-ring (bicyclic) bond motifs is 1. The fraction of sp³-hybridized carbons (Fsp3) is 0.154. The van der Waals surface area contributed by atoms with Crippen LogP contribution < -0.4 is 9.47 Å². The first-order valence-corrected chi connectivity index (χ1v) is 7.10. The molecule has 0 aliphatic carbocycles. The summed E-state index contributed by atoms with van der Waals surface area (Å²) >= 11 is 9.29. The molecular formula is C13H10BrClN4O2. The summed E-state index contributed by atoms with van der Waals surface area (Å²) in [5.74, 6) is 1.14. The molecule has 0 saturated heterocycles. The lowest BCUT2D eigenvalue weighted by atomic mass is 10.3. The quantitative estimate of drug-likeness (QED) is 0.663. The van der Waals surface area contributed by atoms with Crippen molar-refractivity contribution in [2.24, 2.45) is 0 Å². The van der Waals surface area contributed by atoms with Crippen molar-refractivity contribution in [3.63, 3.8) is 0 Å². The van der Waals surface area contributed by atoms with Crippen LogP contribution in [0, 0.1) is 0 Å². The van der Waals surface area contributed by atoms with Gasteiger partial charge < -0.3 is 9.47 Å². The number of rotatable bonds is 3. The number of hydrogen-bond donors (Lipinski definition) is 0. The zero-order valence-electron chi connectivity index (χ0n) is 11.2. The minimum atomic E-state index is 0.376. The zero-order chi connectivity index (χ0) is 15.0. The molecule has 3 aromatic heterocycles. The van der Waals surface area contributed by atoms with E-state index in [1.54, 1.807) is 10.6 Å². The van der Waals surface area contributed by atoms with Crippen molar-refractivity contribution < 1.29 is 9.47 Å². The third kappa shape index (κ3) is 2.43. The normalized spacial score (nSPS) is 10.9. The molecule has 3 heterocycles. The molecule has 3 aromatic rings. The second kappa shape index (κ2) is 5.50. The van der Waals surface area contributed by atoms with Crippen LogP contribution >= 0.6 is 27.5 Å². The highest BCUT2D eigenvalue weighted by Crippen LogP contribution is 2.32. The molecule has 0 amide bonds. The highest BCUT2D eigenvalue weighted by atomic mass is 79.9. The van der Waals surface area contributed by atoms with E-state index >= 15 is 0 Å².